The second-order valence-corrected chi connectivity index (χ2v) is 5.05. The van der Waals surface area contributed by atoms with E-state index in [1.165, 1.54) is 0 Å². The number of ether oxygens (including phenoxy) is 1. The number of benzene rings is 2. The Balaban J connectivity index is 1.76. The number of hydrogen-bond donors (Lipinski definition) is 1. The number of aromatic nitrogens is 2. The number of primary amides is 1. The average Bonchev–Trinajstić information content (AvgIpc) is 3.02. The van der Waals surface area contributed by atoms with E-state index in [9.17, 15) is 4.79 Å². The van der Waals surface area contributed by atoms with Crippen molar-refractivity contribution in [3.63, 3.8) is 0 Å². The molecule has 0 radical (unpaired) electrons. The van der Waals surface area contributed by atoms with E-state index in [4.69, 9.17) is 26.6 Å². The van der Waals surface area contributed by atoms with Crippen molar-refractivity contribution in [1.29, 1.82) is 0 Å². The van der Waals surface area contributed by atoms with Gasteiger partial charge in [-0.15, -0.1) is 0 Å². The van der Waals surface area contributed by atoms with Crippen molar-refractivity contribution in [3.8, 4) is 17.1 Å². The van der Waals surface area contributed by atoms with Crippen molar-refractivity contribution in [2.24, 2.45) is 5.73 Å². The number of nitrogens with two attached hydrogens (primary N) is 1. The van der Waals surface area contributed by atoms with Gasteiger partial charge in [-0.25, -0.2) is 0 Å². The summed E-state index contributed by atoms with van der Waals surface area (Å²) in [5.74, 6) is 0.428. The molecule has 1 aromatic heterocycles. The summed E-state index contributed by atoms with van der Waals surface area (Å²) < 4.78 is 10.7. The first-order chi connectivity index (χ1) is 11.1. The van der Waals surface area contributed by atoms with Crippen molar-refractivity contribution >= 4 is 17.5 Å². The molecule has 0 saturated heterocycles. The van der Waals surface area contributed by atoms with Gasteiger partial charge in [-0.3, -0.25) is 4.79 Å². The van der Waals surface area contributed by atoms with Crippen LogP contribution in [0.25, 0.3) is 11.4 Å². The third-order valence-electron chi connectivity index (χ3n) is 3.09. The van der Waals surface area contributed by atoms with Gasteiger partial charge in [0.15, 0.2) is 6.61 Å². The van der Waals surface area contributed by atoms with E-state index < -0.39 is 5.91 Å². The summed E-state index contributed by atoms with van der Waals surface area (Å²) in [5.41, 5.74) is 6.25. The molecular formula is C16H12ClN3O3. The van der Waals surface area contributed by atoms with Crippen LogP contribution in [0.2, 0.25) is 5.02 Å². The highest BCUT2D eigenvalue weighted by atomic mass is 35.5. The van der Waals surface area contributed by atoms with Gasteiger partial charge in [-0.2, -0.15) is 4.98 Å². The second kappa shape index (κ2) is 6.50. The molecule has 2 N–H and O–H groups in total. The van der Waals surface area contributed by atoms with Gasteiger partial charge in [0.1, 0.15) is 5.75 Å². The maximum atomic E-state index is 11.3. The predicted molar refractivity (Wildman–Crippen MR) is 84.0 cm³/mol. The Bertz CT molecular complexity index is 848. The van der Waals surface area contributed by atoms with Crippen LogP contribution in [-0.4, -0.2) is 16.0 Å². The van der Waals surface area contributed by atoms with Gasteiger partial charge >= 0.3 is 0 Å². The molecule has 0 bridgehead atoms. The molecule has 0 aliphatic heterocycles. The normalized spacial score (nSPS) is 10.5. The molecule has 0 atom stereocenters. The van der Waals surface area contributed by atoms with Crippen LogP contribution in [0.1, 0.15) is 16.2 Å². The van der Waals surface area contributed by atoms with Crippen molar-refractivity contribution < 1.29 is 14.1 Å². The summed E-state index contributed by atoms with van der Waals surface area (Å²) in [7, 11) is 0. The first-order valence-corrected chi connectivity index (χ1v) is 7.12. The molecule has 116 valence electrons. The van der Waals surface area contributed by atoms with Crippen molar-refractivity contribution in [2.45, 2.75) is 6.61 Å². The smallest absolute Gasteiger partial charge is 0.264 e. The standard InChI is InChI=1S/C16H12ClN3O3/c17-12-7-3-1-5-10(12)16-19-14(23-20-16)9-22-13-8-4-2-6-11(13)15(18)21/h1-8H,9H2,(H2,18,21). The van der Waals surface area contributed by atoms with Gasteiger partial charge in [-0.05, 0) is 24.3 Å². The molecule has 2 aromatic carbocycles. The zero-order valence-electron chi connectivity index (χ0n) is 11.9. The Morgan fingerprint density at radius 2 is 1.91 bits per heavy atom. The number of carbonyl (C=O) groups is 1. The number of amides is 1. The molecular weight excluding hydrogens is 318 g/mol. The van der Waals surface area contributed by atoms with Crippen LogP contribution < -0.4 is 10.5 Å². The Labute approximate surface area is 136 Å². The Hall–Kier alpha value is -2.86. The molecule has 6 nitrogen and oxygen atoms in total. The molecule has 1 amide bonds. The second-order valence-electron chi connectivity index (χ2n) is 4.64. The van der Waals surface area contributed by atoms with Crippen molar-refractivity contribution in [1.82, 2.24) is 10.1 Å². The SMILES string of the molecule is NC(=O)c1ccccc1OCc1nc(-c2ccccc2Cl)no1. The van der Waals surface area contributed by atoms with Gasteiger partial charge in [0, 0.05) is 5.56 Å². The highest BCUT2D eigenvalue weighted by molar-refractivity contribution is 6.33. The molecule has 0 saturated carbocycles. The molecule has 0 fully saturated rings. The van der Waals surface area contributed by atoms with Crippen molar-refractivity contribution in [3.05, 3.63) is 65.0 Å². The molecule has 1 heterocycles. The zero-order chi connectivity index (χ0) is 16.2. The predicted octanol–water partition coefficient (Wildman–Crippen LogP) is 3.07. The van der Waals surface area contributed by atoms with Gasteiger partial charge in [0.05, 0.1) is 10.6 Å². The summed E-state index contributed by atoms with van der Waals surface area (Å²) in [5, 5.41) is 4.40. The fraction of sp³-hybridized carbons (Fsp3) is 0.0625. The molecule has 0 unspecified atom stereocenters. The highest BCUT2D eigenvalue weighted by Crippen LogP contribution is 2.25. The first-order valence-electron chi connectivity index (χ1n) is 6.74. The summed E-state index contributed by atoms with van der Waals surface area (Å²) in [6.45, 7) is 0.0156. The summed E-state index contributed by atoms with van der Waals surface area (Å²) in [4.78, 5) is 15.6. The fourth-order valence-corrected chi connectivity index (χ4v) is 2.22. The maximum absolute atomic E-state index is 11.3. The average molecular weight is 330 g/mol. The van der Waals surface area contributed by atoms with E-state index in [1.807, 2.05) is 12.1 Å². The Kier molecular flexibility index (Phi) is 4.25. The van der Waals surface area contributed by atoms with E-state index in [0.717, 1.165) is 0 Å². The minimum Gasteiger partial charge on any atom is -0.483 e. The van der Waals surface area contributed by atoms with Crippen LogP contribution in [0.15, 0.2) is 53.1 Å². The molecule has 23 heavy (non-hydrogen) atoms. The van der Waals surface area contributed by atoms with Crippen molar-refractivity contribution in [2.75, 3.05) is 0 Å². The third-order valence-corrected chi connectivity index (χ3v) is 3.42. The van der Waals surface area contributed by atoms with Gasteiger partial charge in [-0.1, -0.05) is 41.0 Å². The van der Waals surface area contributed by atoms with Gasteiger partial charge in [0.2, 0.25) is 5.82 Å². The molecule has 0 spiro atoms. The lowest BCUT2D eigenvalue weighted by molar-refractivity contribution is 0.0995. The first kappa shape index (κ1) is 15.1. The quantitative estimate of drug-likeness (QED) is 0.776. The number of nitrogens with zero attached hydrogens (tertiary/aromatic N) is 2. The van der Waals surface area contributed by atoms with Gasteiger partial charge in [0.25, 0.3) is 11.8 Å². The van der Waals surface area contributed by atoms with E-state index in [1.54, 1.807) is 36.4 Å². The highest BCUT2D eigenvalue weighted by Gasteiger charge is 2.13. The summed E-state index contributed by atoms with van der Waals surface area (Å²) >= 11 is 6.09. The minimum absolute atomic E-state index is 0.0156. The maximum Gasteiger partial charge on any atom is 0.264 e. The molecule has 3 aromatic rings. The lowest BCUT2D eigenvalue weighted by Gasteiger charge is -2.06. The minimum atomic E-state index is -0.567. The lowest BCUT2D eigenvalue weighted by Crippen LogP contribution is -2.12. The lowest BCUT2D eigenvalue weighted by atomic mass is 10.2. The summed E-state index contributed by atoms with van der Waals surface area (Å²) in [6.07, 6.45) is 0. The number of carbonyl (C=O) groups excluding carboxylic acids is 1. The topological polar surface area (TPSA) is 91.2 Å². The van der Waals surface area contributed by atoms with Crippen LogP contribution >= 0.6 is 11.6 Å². The third kappa shape index (κ3) is 3.32. The number of halogens is 1. The number of para-hydroxylation sites is 1. The summed E-state index contributed by atoms with van der Waals surface area (Å²) in [6, 6.07) is 13.9. The Morgan fingerprint density at radius 3 is 2.70 bits per heavy atom. The van der Waals surface area contributed by atoms with Crippen LogP contribution in [0.4, 0.5) is 0 Å². The molecule has 0 aliphatic carbocycles. The molecule has 7 heteroatoms. The van der Waals surface area contributed by atoms with E-state index in [0.29, 0.717) is 27.7 Å². The molecule has 0 aliphatic rings. The van der Waals surface area contributed by atoms with Crippen LogP contribution in [0.5, 0.6) is 5.75 Å². The largest absolute Gasteiger partial charge is 0.483 e. The van der Waals surface area contributed by atoms with E-state index >= 15 is 0 Å². The van der Waals surface area contributed by atoms with Gasteiger partial charge < -0.3 is 15.0 Å². The van der Waals surface area contributed by atoms with Crippen LogP contribution in [-0.2, 0) is 6.61 Å². The molecule has 3 rings (SSSR count). The number of hydrogen-bond acceptors (Lipinski definition) is 5. The Morgan fingerprint density at radius 1 is 1.17 bits per heavy atom. The van der Waals surface area contributed by atoms with Crippen LogP contribution in [0.3, 0.4) is 0 Å². The van der Waals surface area contributed by atoms with E-state index in [-0.39, 0.29) is 12.5 Å². The van der Waals surface area contributed by atoms with Crippen LogP contribution in [0, 0.1) is 0 Å². The fourth-order valence-electron chi connectivity index (χ4n) is 2.00. The van der Waals surface area contributed by atoms with E-state index in [2.05, 4.69) is 10.1 Å². The number of rotatable bonds is 5. The monoisotopic (exact) mass is 329 g/mol. The zero-order valence-corrected chi connectivity index (χ0v) is 12.7.